The van der Waals surface area contributed by atoms with Gasteiger partial charge in [0.25, 0.3) is 0 Å². The van der Waals surface area contributed by atoms with E-state index in [0.29, 0.717) is 0 Å². The van der Waals surface area contributed by atoms with E-state index in [2.05, 4.69) is 34.1 Å². The molecule has 1 aliphatic heterocycles. The summed E-state index contributed by atoms with van der Waals surface area (Å²) < 4.78 is 6.41. The van der Waals surface area contributed by atoms with E-state index >= 15 is 0 Å². The zero-order valence-corrected chi connectivity index (χ0v) is 10.1. The van der Waals surface area contributed by atoms with E-state index in [0.717, 1.165) is 4.47 Å². The average molecular weight is 284 g/mol. The lowest BCUT2D eigenvalue weighted by Gasteiger charge is -2.05. The molecule has 2 atom stereocenters. The number of hydrogen-bond acceptors (Lipinski definition) is 1. The Morgan fingerprint density at radius 2 is 1.73 bits per heavy atom. The molecule has 0 radical (unpaired) electrons. The van der Waals surface area contributed by atoms with Gasteiger partial charge in [-0.2, -0.15) is 0 Å². The van der Waals surface area contributed by atoms with Crippen LogP contribution in [0.4, 0.5) is 0 Å². The molecule has 3 rings (SSSR count). The van der Waals surface area contributed by atoms with Crippen molar-refractivity contribution in [2.45, 2.75) is 11.7 Å². The Labute approximate surface area is 101 Å². The lowest BCUT2D eigenvalue weighted by Crippen LogP contribution is -1.86. The quantitative estimate of drug-likeness (QED) is 0.563. The number of epoxide rings is 1. The Hall–Kier alpha value is -0.570. The fraction of sp³-hybridized carbons (Fsp3) is 0.167. The third kappa shape index (κ3) is 1.57. The molecule has 2 unspecified atom stereocenters. The van der Waals surface area contributed by atoms with Gasteiger partial charge in [0.05, 0.1) is 0 Å². The fourth-order valence-electron chi connectivity index (χ4n) is 1.84. The minimum atomic E-state index is -0.158. The fourth-order valence-corrected chi connectivity index (χ4v) is 2.57. The number of fused-ring (bicyclic) bond motifs is 1. The lowest BCUT2D eigenvalue weighted by molar-refractivity contribution is 0.405. The van der Waals surface area contributed by atoms with Gasteiger partial charge in [-0.3, -0.25) is 0 Å². The van der Waals surface area contributed by atoms with Crippen molar-refractivity contribution in [1.29, 1.82) is 0 Å². The molecule has 0 aliphatic carbocycles. The number of hydrogen-bond donors (Lipinski definition) is 0. The highest BCUT2D eigenvalue weighted by atomic mass is 79.9. The predicted molar refractivity (Wildman–Crippen MR) is 65.1 cm³/mol. The zero-order valence-electron chi connectivity index (χ0n) is 7.78. The third-order valence-corrected chi connectivity index (χ3v) is 3.67. The van der Waals surface area contributed by atoms with E-state index in [1.54, 1.807) is 0 Å². The number of benzene rings is 2. The Morgan fingerprint density at radius 1 is 1.07 bits per heavy atom. The van der Waals surface area contributed by atoms with Crippen LogP contribution in [0.15, 0.2) is 40.9 Å². The van der Waals surface area contributed by atoms with Gasteiger partial charge in [0.1, 0.15) is 6.10 Å². The molecule has 15 heavy (non-hydrogen) atoms. The topological polar surface area (TPSA) is 12.5 Å². The molecule has 2 aromatic carbocycles. The van der Waals surface area contributed by atoms with Crippen molar-refractivity contribution >= 4 is 38.3 Å². The molecule has 0 bridgehead atoms. The molecule has 1 saturated heterocycles. The van der Waals surface area contributed by atoms with Crippen LogP contribution in [-0.2, 0) is 4.74 Å². The summed E-state index contributed by atoms with van der Waals surface area (Å²) in [6, 6.07) is 12.4. The summed E-state index contributed by atoms with van der Waals surface area (Å²) in [5.41, 5.74) is 1.02. The molecule has 1 fully saturated rings. The molecule has 1 nitrogen and oxygen atoms in total. The maximum absolute atomic E-state index is 5.89. The van der Waals surface area contributed by atoms with Gasteiger partial charge < -0.3 is 4.74 Å². The highest BCUT2D eigenvalue weighted by Crippen LogP contribution is 2.44. The van der Waals surface area contributed by atoms with E-state index in [-0.39, 0.29) is 11.7 Å². The van der Waals surface area contributed by atoms with Crippen molar-refractivity contribution in [2.24, 2.45) is 0 Å². The van der Waals surface area contributed by atoms with Crippen LogP contribution in [0.1, 0.15) is 11.7 Å². The van der Waals surface area contributed by atoms with Crippen LogP contribution in [0.25, 0.3) is 10.8 Å². The SMILES string of the molecule is ClC1OC1c1ccc(Br)c2ccccc12. The predicted octanol–water partition coefficient (Wildman–Crippen LogP) is 4.24. The van der Waals surface area contributed by atoms with Crippen LogP contribution < -0.4 is 0 Å². The van der Waals surface area contributed by atoms with Gasteiger partial charge in [0.2, 0.25) is 0 Å². The number of rotatable bonds is 1. The molecule has 76 valence electrons. The monoisotopic (exact) mass is 282 g/mol. The Balaban J connectivity index is 2.27. The molecule has 0 saturated carbocycles. The van der Waals surface area contributed by atoms with Gasteiger partial charge in [0, 0.05) is 4.47 Å². The summed E-state index contributed by atoms with van der Waals surface area (Å²) >= 11 is 9.43. The molecule has 3 heteroatoms. The number of alkyl halides is 1. The lowest BCUT2D eigenvalue weighted by atomic mass is 10.0. The van der Waals surface area contributed by atoms with E-state index in [4.69, 9.17) is 16.3 Å². The van der Waals surface area contributed by atoms with Crippen LogP contribution in [0.5, 0.6) is 0 Å². The van der Waals surface area contributed by atoms with Gasteiger partial charge >= 0.3 is 0 Å². The summed E-state index contributed by atoms with van der Waals surface area (Å²) in [6.45, 7) is 0. The highest BCUT2D eigenvalue weighted by molar-refractivity contribution is 9.10. The molecular weight excluding hydrogens is 275 g/mol. The molecule has 1 heterocycles. The van der Waals surface area contributed by atoms with Crippen molar-refractivity contribution < 1.29 is 4.74 Å². The van der Waals surface area contributed by atoms with Crippen LogP contribution in [0, 0.1) is 0 Å². The van der Waals surface area contributed by atoms with Crippen molar-refractivity contribution in [1.82, 2.24) is 0 Å². The summed E-state index contributed by atoms with van der Waals surface area (Å²) in [5, 5.41) is 2.41. The van der Waals surface area contributed by atoms with Crippen LogP contribution in [0.3, 0.4) is 0 Å². The van der Waals surface area contributed by atoms with Crippen LogP contribution >= 0.6 is 27.5 Å². The van der Waals surface area contributed by atoms with E-state index in [1.807, 2.05) is 18.2 Å². The Bertz CT molecular complexity index is 526. The van der Waals surface area contributed by atoms with Gasteiger partial charge in [-0.15, -0.1) is 0 Å². The number of halogens is 2. The molecule has 2 aromatic rings. The summed E-state index contributed by atoms with van der Waals surface area (Å²) in [7, 11) is 0. The minimum Gasteiger partial charge on any atom is -0.347 e. The second kappa shape index (κ2) is 3.48. The molecular formula is C12H8BrClO. The maximum Gasteiger partial charge on any atom is 0.162 e. The van der Waals surface area contributed by atoms with Gasteiger partial charge in [0.15, 0.2) is 5.56 Å². The van der Waals surface area contributed by atoms with E-state index in [1.165, 1.54) is 16.3 Å². The van der Waals surface area contributed by atoms with Gasteiger partial charge in [-0.25, -0.2) is 0 Å². The highest BCUT2D eigenvalue weighted by Gasteiger charge is 2.39. The standard InChI is InChI=1S/C12H8BrClO/c13-10-6-5-9(11-12(14)15-11)7-3-1-2-4-8(7)10/h1-6,11-12H. The first-order valence-electron chi connectivity index (χ1n) is 4.74. The largest absolute Gasteiger partial charge is 0.347 e. The van der Waals surface area contributed by atoms with Gasteiger partial charge in [-0.05, 0) is 22.4 Å². The summed E-state index contributed by atoms with van der Waals surface area (Å²) in [5.74, 6) is 0. The maximum atomic E-state index is 5.89. The van der Waals surface area contributed by atoms with E-state index < -0.39 is 0 Å². The summed E-state index contributed by atoms with van der Waals surface area (Å²) in [4.78, 5) is 0. The second-order valence-corrected chi connectivity index (χ2v) is 4.87. The van der Waals surface area contributed by atoms with Crippen LogP contribution in [-0.4, -0.2) is 5.56 Å². The summed E-state index contributed by atoms with van der Waals surface area (Å²) in [6.07, 6.45) is 0.0599. The van der Waals surface area contributed by atoms with Crippen molar-refractivity contribution in [2.75, 3.05) is 0 Å². The Morgan fingerprint density at radius 3 is 2.40 bits per heavy atom. The second-order valence-electron chi connectivity index (χ2n) is 3.59. The normalized spacial score (nSPS) is 24.4. The van der Waals surface area contributed by atoms with Crippen molar-refractivity contribution in [3.05, 3.63) is 46.4 Å². The van der Waals surface area contributed by atoms with E-state index in [9.17, 15) is 0 Å². The molecule has 0 spiro atoms. The van der Waals surface area contributed by atoms with Crippen LogP contribution in [0.2, 0.25) is 0 Å². The Kier molecular flexibility index (Phi) is 2.23. The molecule has 0 N–H and O–H groups in total. The third-order valence-electron chi connectivity index (χ3n) is 2.65. The first-order chi connectivity index (χ1) is 7.27. The van der Waals surface area contributed by atoms with Gasteiger partial charge in [-0.1, -0.05) is 57.9 Å². The van der Waals surface area contributed by atoms with Crippen molar-refractivity contribution in [3.8, 4) is 0 Å². The molecule has 0 amide bonds. The zero-order chi connectivity index (χ0) is 10.4. The first-order valence-corrected chi connectivity index (χ1v) is 5.97. The first kappa shape index (κ1) is 9.64. The smallest absolute Gasteiger partial charge is 0.162 e. The number of ether oxygens (including phenoxy) is 1. The van der Waals surface area contributed by atoms with Crippen molar-refractivity contribution in [3.63, 3.8) is 0 Å². The molecule has 1 aliphatic rings. The molecule has 0 aromatic heterocycles. The minimum absolute atomic E-state index is 0.0599. The average Bonchev–Trinajstić information content (AvgIpc) is 2.96.